The average molecular weight is 187 g/mol. The summed E-state index contributed by atoms with van der Waals surface area (Å²) in [5.41, 5.74) is 6.33. The molecule has 1 aromatic rings. The molecule has 2 N–H and O–H groups in total. The van der Waals surface area contributed by atoms with Crippen molar-refractivity contribution in [2.75, 3.05) is 5.73 Å². The Bertz CT molecular complexity index is 362. The predicted molar refractivity (Wildman–Crippen MR) is 57.9 cm³/mol. The molecule has 0 fully saturated rings. The van der Waals surface area contributed by atoms with E-state index in [1.165, 1.54) is 0 Å². The Labute approximate surface area is 83.7 Å². The molecule has 0 heterocycles. The van der Waals surface area contributed by atoms with Gasteiger partial charge in [-0.05, 0) is 49.3 Å². The monoisotopic (exact) mass is 187 g/mol. The van der Waals surface area contributed by atoms with Crippen LogP contribution in [0.1, 0.15) is 12.8 Å². The molecule has 1 aliphatic carbocycles. The van der Waals surface area contributed by atoms with Crippen LogP contribution < -0.4 is 10.5 Å². The summed E-state index contributed by atoms with van der Waals surface area (Å²) in [6, 6.07) is 7.42. The molecule has 0 saturated heterocycles. The third kappa shape index (κ3) is 2.16. The van der Waals surface area contributed by atoms with Gasteiger partial charge in [0.2, 0.25) is 0 Å². The van der Waals surface area contributed by atoms with Gasteiger partial charge in [0.15, 0.2) is 0 Å². The van der Waals surface area contributed by atoms with Gasteiger partial charge in [-0.2, -0.15) is 0 Å². The molecule has 0 bridgehead atoms. The van der Waals surface area contributed by atoms with Crippen LogP contribution in [-0.2, 0) is 0 Å². The van der Waals surface area contributed by atoms with Crippen LogP contribution in [0.4, 0.5) is 5.69 Å². The number of allylic oxidation sites excluding steroid dienone is 3. The fourth-order valence-corrected chi connectivity index (χ4v) is 1.34. The Morgan fingerprint density at radius 1 is 1.07 bits per heavy atom. The van der Waals surface area contributed by atoms with E-state index in [-0.39, 0.29) is 0 Å². The van der Waals surface area contributed by atoms with E-state index >= 15 is 0 Å². The first kappa shape index (κ1) is 8.88. The van der Waals surface area contributed by atoms with Gasteiger partial charge in [-0.3, -0.25) is 0 Å². The molecule has 0 aromatic heterocycles. The number of benzene rings is 1. The minimum Gasteiger partial charge on any atom is -0.458 e. The lowest BCUT2D eigenvalue weighted by atomic mass is 10.2. The molecule has 0 spiro atoms. The highest BCUT2D eigenvalue weighted by Gasteiger charge is 1.99. The topological polar surface area (TPSA) is 35.2 Å². The number of anilines is 1. The zero-order chi connectivity index (χ0) is 9.80. The molecule has 0 aliphatic heterocycles. The lowest BCUT2D eigenvalue weighted by molar-refractivity contribution is 0.439. The van der Waals surface area contributed by atoms with Gasteiger partial charge in [-0.1, -0.05) is 6.08 Å². The summed E-state index contributed by atoms with van der Waals surface area (Å²) in [7, 11) is 0. The number of nitrogens with two attached hydrogens (primary N) is 1. The second kappa shape index (κ2) is 4.01. The van der Waals surface area contributed by atoms with Gasteiger partial charge < -0.3 is 10.5 Å². The van der Waals surface area contributed by atoms with E-state index in [0.717, 1.165) is 30.0 Å². The highest BCUT2D eigenvalue weighted by Crippen LogP contribution is 2.18. The van der Waals surface area contributed by atoms with Crippen molar-refractivity contribution < 1.29 is 4.74 Å². The Morgan fingerprint density at radius 2 is 1.86 bits per heavy atom. The lowest BCUT2D eigenvalue weighted by Gasteiger charge is -2.09. The highest BCUT2D eigenvalue weighted by atomic mass is 16.5. The number of ether oxygens (including phenoxy) is 1. The van der Waals surface area contributed by atoms with E-state index in [1.807, 2.05) is 30.3 Å². The van der Waals surface area contributed by atoms with Crippen molar-refractivity contribution in [3.63, 3.8) is 0 Å². The molecule has 2 rings (SSSR count). The van der Waals surface area contributed by atoms with Crippen LogP contribution in [0, 0.1) is 0 Å². The van der Waals surface area contributed by atoms with Crippen LogP contribution in [0.25, 0.3) is 0 Å². The molecule has 2 nitrogen and oxygen atoms in total. The number of hydrogen-bond donors (Lipinski definition) is 1. The zero-order valence-electron chi connectivity index (χ0n) is 7.94. The van der Waals surface area contributed by atoms with Crippen molar-refractivity contribution in [2.45, 2.75) is 12.8 Å². The third-order valence-corrected chi connectivity index (χ3v) is 2.08. The minimum atomic E-state index is 0.755. The molecular weight excluding hydrogens is 174 g/mol. The summed E-state index contributed by atoms with van der Waals surface area (Å²) in [6.07, 6.45) is 8.37. The molecule has 72 valence electrons. The molecule has 0 amide bonds. The maximum Gasteiger partial charge on any atom is 0.127 e. The van der Waals surface area contributed by atoms with Crippen LogP contribution in [-0.4, -0.2) is 0 Å². The Balaban J connectivity index is 2.07. The van der Waals surface area contributed by atoms with Crippen molar-refractivity contribution in [2.24, 2.45) is 0 Å². The molecule has 2 heteroatoms. The van der Waals surface area contributed by atoms with Crippen LogP contribution in [0.2, 0.25) is 0 Å². The zero-order valence-corrected chi connectivity index (χ0v) is 7.94. The number of hydrogen-bond acceptors (Lipinski definition) is 2. The van der Waals surface area contributed by atoms with Crippen molar-refractivity contribution in [3.05, 3.63) is 48.3 Å². The standard InChI is InChI=1S/C12H13NO/c13-10-6-8-12(9-7-10)14-11-4-2-1-3-5-11/h2,4-9H,1,3,13H2. The molecule has 0 saturated carbocycles. The van der Waals surface area contributed by atoms with Crippen molar-refractivity contribution >= 4 is 5.69 Å². The summed E-state index contributed by atoms with van der Waals surface area (Å²) in [5.74, 6) is 1.75. The van der Waals surface area contributed by atoms with Gasteiger partial charge >= 0.3 is 0 Å². The quantitative estimate of drug-likeness (QED) is 0.722. The number of rotatable bonds is 2. The summed E-state index contributed by atoms with van der Waals surface area (Å²) >= 11 is 0. The third-order valence-electron chi connectivity index (χ3n) is 2.08. The van der Waals surface area contributed by atoms with E-state index in [1.54, 1.807) is 0 Å². The Kier molecular flexibility index (Phi) is 2.54. The van der Waals surface area contributed by atoms with E-state index in [2.05, 4.69) is 12.2 Å². The van der Waals surface area contributed by atoms with E-state index in [9.17, 15) is 0 Å². The molecule has 1 aliphatic rings. The van der Waals surface area contributed by atoms with Crippen molar-refractivity contribution in [3.8, 4) is 5.75 Å². The first-order chi connectivity index (χ1) is 6.84. The number of nitrogen functional groups attached to an aromatic ring is 1. The van der Waals surface area contributed by atoms with Crippen LogP contribution in [0.3, 0.4) is 0 Å². The van der Waals surface area contributed by atoms with Gasteiger partial charge in [0.1, 0.15) is 11.5 Å². The Hall–Kier alpha value is -1.70. The Morgan fingerprint density at radius 3 is 2.50 bits per heavy atom. The van der Waals surface area contributed by atoms with Crippen molar-refractivity contribution in [1.29, 1.82) is 0 Å². The largest absolute Gasteiger partial charge is 0.458 e. The SMILES string of the molecule is Nc1ccc(OC2=CCCC=C2)cc1. The first-order valence-corrected chi connectivity index (χ1v) is 4.75. The molecular formula is C12H13NO. The summed E-state index contributed by atoms with van der Waals surface area (Å²) in [6.45, 7) is 0. The van der Waals surface area contributed by atoms with Crippen molar-refractivity contribution in [1.82, 2.24) is 0 Å². The lowest BCUT2D eigenvalue weighted by Crippen LogP contribution is -1.95. The maximum atomic E-state index is 5.63. The van der Waals surface area contributed by atoms with Gasteiger partial charge in [0.25, 0.3) is 0 Å². The molecule has 0 radical (unpaired) electrons. The maximum absolute atomic E-state index is 5.63. The second-order valence-corrected chi connectivity index (χ2v) is 3.26. The van der Waals surface area contributed by atoms with Gasteiger partial charge in [0, 0.05) is 5.69 Å². The minimum absolute atomic E-state index is 0.755. The van der Waals surface area contributed by atoms with E-state index in [0.29, 0.717) is 0 Å². The first-order valence-electron chi connectivity index (χ1n) is 4.75. The summed E-state index contributed by atoms with van der Waals surface area (Å²) < 4.78 is 5.63. The van der Waals surface area contributed by atoms with E-state index < -0.39 is 0 Å². The van der Waals surface area contributed by atoms with Crippen LogP contribution in [0.15, 0.2) is 48.3 Å². The smallest absolute Gasteiger partial charge is 0.127 e. The predicted octanol–water partition coefficient (Wildman–Crippen LogP) is 2.88. The van der Waals surface area contributed by atoms with Crippen LogP contribution in [0.5, 0.6) is 5.75 Å². The fourth-order valence-electron chi connectivity index (χ4n) is 1.34. The highest BCUT2D eigenvalue weighted by molar-refractivity contribution is 5.42. The van der Waals surface area contributed by atoms with Gasteiger partial charge in [-0.25, -0.2) is 0 Å². The molecule has 0 atom stereocenters. The van der Waals surface area contributed by atoms with E-state index in [4.69, 9.17) is 10.5 Å². The van der Waals surface area contributed by atoms with Gasteiger partial charge in [0.05, 0.1) is 0 Å². The molecule has 1 aromatic carbocycles. The molecule has 0 unspecified atom stereocenters. The molecule has 14 heavy (non-hydrogen) atoms. The summed E-state index contributed by atoms with van der Waals surface area (Å²) in [5, 5.41) is 0. The summed E-state index contributed by atoms with van der Waals surface area (Å²) in [4.78, 5) is 0. The second-order valence-electron chi connectivity index (χ2n) is 3.26. The van der Waals surface area contributed by atoms with Crippen LogP contribution >= 0.6 is 0 Å². The van der Waals surface area contributed by atoms with Gasteiger partial charge in [-0.15, -0.1) is 0 Å². The average Bonchev–Trinajstić information content (AvgIpc) is 2.23. The fraction of sp³-hybridized carbons (Fsp3) is 0.167. The normalized spacial score (nSPS) is 15.0.